The number of aromatic carboxylic acids is 1. The lowest BCUT2D eigenvalue weighted by Crippen LogP contribution is -1.96. The van der Waals surface area contributed by atoms with Crippen molar-refractivity contribution >= 4 is 32.8 Å². The van der Waals surface area contributed by atoms with Crippen LogP contribution in [0.15, 0.2) is 28.9 Å². The van der Waals surface area contributed by atoms with Crippen LogP contribution >= 0.6 is 15.9 Å². The zero-order valence-electron chi connectivity index (χ0n) is 6.54. The van der Waals surface area contributed by atoms with Gasteiger partial charge < -0.3 is 10.1 Å². The number of H-pyrrole nitrogens is 1. The molecule has 2 rings (SSSR count). The van der Waals surface area contributed by atoms with Crippen molar-refractivity contribution in [2.75, 3.05) is 0 Å². The Balaban J connectivity index is 2.76. The van der Waals surface area contributed by atoms with Gasteiger partial charge in [0.25, 0.3) is 0 Å². The summed E-state index contributed by atoms with van der Waals surface area (Å²) in [6.45, 7) is 0. The molecule has 0 aliphatic heterocycles. The van der Waals surface area contributed by atoms with E-state index in [1.807, 2.05) is 6.07 Å². The lowest BCUT2D eigenvalue weighted by molar-refractivity contribution is 0.0696. The third-order valence-corrected chi connectivity index (χ3v) is 2.53. The third-order valence-electron chi connectivity index (χ3n) is 1.87. The van der Waals surface area contributed by atoms with Crippen molar-refractivity contribution in [2.24, 2.45) is 0 Å². The van der Waals surface area contributed by atoms with E-state index in [-0.39, 0.29) is 5.56 Å². The molecule has 0 aliphatic rings. The number of hydrogen-bond donors (Lipinski definition) is 2. The molecule has 0 saturated heterocycles. The fraction of sp³-hybridized carbons (Fsp3) is 0. The lowest BCUT2D eigenvalue weighted by Gasteiger charge is -1.98. The van der Waals surface area contributed by atoms with E-state index in [2.05, 4.69) is 20.9 Å². The van der Waals surface area contributed by atoms with Crippen LogP contribution in [0.5, 0.6) is 0 Å². The highest BCUT2D eigenvalue weighted by Crippen LogP contribution is 2.23. The average molecular weight is 240 g/mol. The van der Waals surface area contributed by atoms with Gasteiger partial charge in [-0.3, -0.25) is 0 Å². The topological polar surface area (TPSA) is 53.1 Å². The smallest absolute Gasteiger partial charge is 0.336 e. The molecule has 0 amide bonds. The highest BCUT2D eigenvalue weighted by Gasteiger charge is 2.09. The summed E-state index contributed by atoms with van der Waals surface area (Å²) in [6, 6.07) is 5.24. The number of halogens is 1. The Morgan fingerprint density at radius 3 is 2.92 bits per heavy atom. The fourth-order valence-corrected chi connectivity index (χ4v) is 1.75. The molecule has 2 N–H and O–H groups in total. The number of benzene rings is 1. The van der Waals surface area contributed by atoms with E-state index in [4.69, 9.17) is 5.11 Å². The minimum Gasteiger partial charge on any atom is -0.478 e. The Morgan fingerprint density at radius 2 is 2.23 bits per heavy atom. The first-order chi connectivity index (χ1) is 6.18. The van der Waals surface area contributed by atoms with Crippen LogP contribution in [0, 0.1) is 0 Å². The summed E-state index contributed by atoms with van der Waals surface area (Å²) >= 11 is 3.20. The second-order valence-corrected chi connectivity index (χ2v) is 3.56. The van der Waals surface area contributed by atoms with Gasteiger partial charge in [0.1, 0.15) is 0 Å². The van der Waals surface area contributed by atoms with Crippen LogP contribution in [0.25, 0.3) is 10.9 Å². The number of carboxylic acid groups (broad SMARTS) is 1. The third kappa shape index (κ3) is 1.33. The molecule has 0 spiro atoms. The van der Waals surface area contributed by atoms with Crippen LogP contribution in [-0.4, -0.2) is 16.1 Å². The minimum atomic E-state index is -0.921. The summed E-state index contributed by atoms with van der Waals surface area (Å²) in [5.41, 5.74) is 1.21. The van der Waals surface area contributed by atoms with Crippen molar-refractivity contribution in [3.63, 3.8) is 0 Å². The molecule has 1 aromatic carbocycles. The summed E-state index contributed by atoms with van der Waals surface area (Å²) in [5.74, 6) is -0.921. The molecule has 0 fully saturated rings. The van der Waals surface area contributed by atoms with Gasteiger partial charge in [-0.2, -0.15) is 0 Å². The van der Waals surface area contributed by atoms with Crippen LogP contribution in [0.3, 0.4) is 0 Å². The number of aromatic nitrogens is 1. The van der Waals surface area contributed by atoms with Crippen molar-refractivity contribution in [3.05, 3.63) is 34.4 Å². The number of nitrogens with one attached hydrogen (secondary N) is 1. The first kappa shape index (κ1) is 8.31. The van der Waals surface area contributed by atoms with Crippen LogP contribution in [0.4, 0.5) is 0 Å². The molecule has 0 aliphatic carbocycles. The van der Waals surface area contributed by atoms with Gasteiger partial charge in [0.2, 0.25) is 0 Å². The number of fused-ring (bicyclic) bond motifs is 1. The van der Waals surface area contributed by atoms with E-state index >= 15 is 0 Å². The van der Waals surface area contributed by atoms with Gasteiger partial charge in [-0.05, 0) is 34.1 Å². The van der Waals surface area contributed by atoms with Crippen molar-refractivity contribution in [2.45, 2.75) is 0 Å². The first-order valence-electron chi connectivity index (χ1n) is 3.68. The van der Waals surface area contributed by atoms with E-state index in [9.17, 15) is 4.79 Å². The normalized spacial score (nSPS) is 10.5. The first-order valence-corrected chi connectivity index (χ1v) is 4.48. The number of aromatic amines is 1. The standard InChI is InChI=1S/C9H6BrNO2/c10-7-4-8-5(1-2-11-8)3-6(7)9(12)13/h1-4,11H,(H,12,13). The van der Waals surface area contributed by atoms with Gasteiger partial charge in [0, 0.05) is 21.6 Å². The summed E-state index contributed by atoms with van der Waals surface area (Å²) in [7, 11) is 0. The Bertz CT molecular complexity index is 475. The molecule has 0 radical (unpaired) electrons. The molecule has 0 bridgehead atoms. The second kappa shape index (κ2) is 2.88. The van der Waals surface area contributed by atoms with Gasteiger partial charge >= 0.3 is 5.97 Å². The van der Waals surface area contributed by atoms with Crippen LogP contribution in [0.1, 0.15) is 10.4 Å². The molecule has 0 unspecified atom stereocenters. The highest BCUT2D eigenvalue weighted by molar-refractivity contribution is 9.10. The molecule has 66 valence electrons. The number of carboxylic acids is 1. The fourth-order valence-electron chi connectivity index (χ4n) is 1.24. The van der Waals surface area contributed by atoms with E-state index in [1.54, 1.807) is 18.3 Å². The molecular formula is C9H6BrNO2. The minimum absolute atomic E-state index is 0.284. The van der Waals surface area contributed by atoms with Crippen molar-refractivity contribution in [1.82, 2.24) is 4.98 Å². The SMILES string of the molecule is O=C(O)c1cc2cc[nH]c2cc1Br. The van der Waals surface area contributed by atoms with Crippen LogP contribution in [-0.2, 0) is 0 Å². The van der Waals surface area contributed by atoms with Gasteiger partial charge in [-0.15, -0.1) is 0 Å². The van der Waals surface area contributed by atoms with Gasteiger partial charge in [-0.25, -0.2) is 4.79 Å². The summed E-state index contributed by atoms with van der Waals surface area (Å²) < 4.78 is 0.593. The molecule has 0 saturated carbocycles. The van der Waals surface area contributed by atoms with E-state index < -0.39 is 5.97 Å². The molecule has 0 atom stereocenters. The average Bonchev–Trinajstić information content (AvgIpc) is 2.48. The zero-order valence-corrected chi connectivity index (χ0v) is 8.13. The predicted molar refractivity (Wildman–Crippen MR) is 53.0 cm³/mol. The van der Waals surface area contributed by atoms with E-state index in [0.717, 1.165) is 10.9 Å². The van der Waals surface area contributed by atoms with Crippen LogP contribution < -0.4 is 0 Å². The Kier molecular flexibility index (Phi) is 1.84. The van der Waals surface area contributed by atoms with Crippen molar-refractivity contribution < 1.29 is 9.90 Å². The number of carbonyl (C=O) groups is 1. The molecule has 1 aromatic heterocycles. The van der Waals surface area contributed by atoms with Crippen molar-refractivity contribution in [3.8, 4) is 0 Å². The summed E-state index contributed by atoms with van der Waals surface area (Å²) in [5, 5.41) is 9.73. The molecular weight excluding hydrogens is 234 g/mol. The summed E-state index contributed by atoms with van der Waals surface area (Å²) in [6.07, 6.45) is 1.78. The molecule has 13 heavy (non-hydrogen) atoms. The number of hydrogen-bond acceptors (Lipinski definition) is 1. The maximum absolute atomic E-state index is 10.7. The number of rotatable bonds is 1. The Labute approximate surface area is 82.5 Å². The maximum Gasteiger partial charge on any atom is 0.336 e. The molecule has 3 nitrogen and oxygen atoms in total. The van der Waals surface area contributed by atoms with Gasteiger partial charge in [0.05, 0.1) is 5.56 Å². The van der Waals surface area contributed by atoms with Gasteiger partial charge in [-0.1, -0.05) is 0 Å². The second-order valence-electron chi connectivity index (χ2n) is 2.70. The predicted octanol–water partition coefficient (Wildman–Crippen LogP) is 2.63. The van der Waals surface area contributed by atoms with E-state index in [0.29, 0.717) is 4.47 Å². The lowest BCUT2D eigenvalue weighted by atomic mass is 10.1. The Morgan fingerprint density at radius 1 is 1.46 bits per heavy atom. The van der Waals surface area contributed by atoms with E-state index in [1.165, 1.54) is 0 Å². The van der Waals surface area contributed by atoms with Gasteiger partial charge in [0.15, 0.2) is 0 Å². The monoisotopic (exact) mass is 239 g/mol. The Hall–Kier alpha value is -1.29. The zero-order chi connectivity index (χ0) is 9.42. The van der Waals surface area contributed by atoms with Crippen molar-refractivity contribution in [1.29, 1.82) is 0 Å². The largest absolute Gasteiger partial charge is 0.478 e. The molecule has 4 heteroatoms. The van der Waals surface area contributed by atoms with Crippen LogP contribution in [0.2, 0.25) is 0 Å². The summed E-state index contributed by atoms with van der Waals surface area (Å²) in [4.78, 5) is 13.8. The molecule has 2 aromatic rings. The maximum atomic E-state index is 10.7. The quantitative estimate of drug-likeness (QED) is 0.804. The highest BCUT2D eigenvalue weighted by atomic mass is 79.9. The molecule has 1 heterocycles.